The molecule has 2 atom stereocenters. The largest absolute Gasteiger partial charge is 0.444 e. The lowest BCUT2D eigenvalue weighted by molar-refractivity contribution is -0.133. The number of hydrogen-bond donors (Lipinski definition) is 1. The summed E-state index contributed by atoms with van der Waals surface area (Å²) in [4.78, 5) is 56.4. The van der Waals surface area contributed by atoms with Gasteiger partial charge in [-0.1, -0.05) is 12.1 Å². The first-order chi connectivity index (χ1) is 17.0. The number of anilines is 1. The minimum atomic E-state index is -0.699. The fourth-order valence-electron chi connectivity index (χ4n) is 5.59. The summed E-state index contributed by atoms with van der Waals surface area (Å²) in [5.41, 5.74) is -0.0297. The van der Waals surface area contributed by atoms with Crippen molar-refractivity contribution in [2.45, 2.75) is 77.5 Å². The molecule has 3 aliphatic heterocycles. The Hall–Kier alpha value is -3.10. The molecule has 0 saturated carbocycles. The van der Waals surface area contributed by atoms with Crippen LogP contribution in [0.25, 0.3) is 0 Å². The summed E-state index contributed by atoms with van der Waals surface area (Å²) >= 11 is 0. The molecular formula is C27H38N4O5. The summed E-state index contributed by atoms with van der Waals surface area (Å²) in [5.74, 6) is 0.189. The van der Waals surface area contributed by atoms with Crippen LogP contribution in [0.15, 0.2) is 24.3 Å². The number of nitrogens with zero attached hydrogens (tertiary/aromatic N) is 3. The Kier molecular flexibility index (Phi) is 7.29. The number of piperidine rings is 1. The number of alkyl carbamates (subject to hydrolysis) is 1. The van der Waals surface area contributed by atoms with Gasteiger partial charge in [-0.3, -0.25) is 19.3 Å². The smallest absolute Gasteiger partial charge is 0.407 e. The fourth-order valence-corrected chi connectivity index (χ4v) is 5.59. The predicted octanol–water partition coefficient (Wildman–Crippen LogP) is 3.53. The maximum atomic E-state index is 13.4. The molecule has 2 fully saturated rings. The van der Waals surface area contributed by atoms with Gasteiger partial charge in [0.05, 0.1) is 11.3 Å². The number of benzene rings is 1. The van der Waals surface area contributed by atoms with E-state index in [9.17, 15) is 19.2 Å². The van der Waals surface area contributed by atoms with Crippen molar-refractivity contribution in [2.75, 3.05) is 31.1 Å². The van der Waals surface area contributed by atoms with Crippen LogP contribution >= 0.6 is 0 Å². The lowest BCUT2D eigenvalue weighted by Gasteiger charge is -2.48. The van der Waals surface area contributed by atoms with E-state index >= 15 is 0 Å². The maximum Gasteiger partial charge on any atom is 0.407 e. The fraction of sp³-hybridized carbons (Fsp3) is 0.630. The zero-order valence-electron chi connectivity index (χ0n) is 21.8. The molecule has 9 heteroatoms. The monoisotopic (exact) mass is 498 g/mol. The van der Waals surface area contributed by atoms with Crippen LogP contribution in [0.5, 0.6) is 0 Å². The second kappa shape index (κ2) is 10.1. The van der Waals surface area contributed by atoms with Crippen LogP contribution in [0.2, 0.25) is 0 Å². The van der Waals surface area contributed by atoms with Gasteiger partial charge in [0.1, 0.15) is 11.3 Å². The number of amides is 4. The third kappa shape index (κ3) is 5.34. The highest BCUT2D eigenvalue weighted by Gasteiger charge is 2.52. The van der Waals surface area contributed by atoms with Crippen molar-refractivity contribution in [1.29, 1.82) is 0 Å². The third-order valence-electron chi connectivity index (χ3n) is 7.32. The van der Waals surface area contributed by atoms with Crippen LogP contribution in [0.1, 0.15) is 76.6 Å². The second-order valence-electron chi connectivity index (χ2n) is 11.3. The molecule has 0 radical (unpaired) electrons. The van der Waals surface area contributed by atoms with E-state index in [1.165, 1.54) is 0 Å². The van der Waals surface area contributed by atoms with Gasteiger partial charge in [0.25, 0.3) is 5.91 Å². The Morgan fingerprint density at radius 3 is 2.69 bits per heavy atom. The van der Waals surface area contributed by atoms with Crippen LogP contribution in [0, 0.1) is 5.92 Å². The van der Waals surface area contributed by atoms with Gasteiger partial charge in [0.2, 0.25) is 11.8 Å². The van der Waals surface area contributed by atoms with E-state index in [1.54, 1.807) is 15.9 Å². The lowest BCUT2D eigenvalue weighted by atomic mass is 9.97. The van der Waals surface area contributed by atoms with Crippen LogP contribution in [-0.4, -0.2) is 71.1 Å². The maximum absolute atomic E-state index is 13.4. The Bertz CT molecular complexity index is 1040. The van der Waals surface area contributed by atoms with Gasteiger partial charge in [0, 0.05) is 39.0 Å². The molecule has 196 valence electrons. The summed E-state index contributed by atoms with van der Waals surface area (Å²) in [6, 6.07) is 7.26. The summed E-state index contributed by atoms with van der Waals surface area (Å²) in [5, 5.41) is 2.82. The predicted molar refractivity (Wildman–Crippen MR) is 135 cm³/mol. The zero-order chi connectivity index (χ0) is 26.1. The Morgan fingerprint density at radius 2 is 1.94 bits per heavy atom. The van der Waals surface area contributed by atoms with Crippen molar-refractivity contribution in [3.63, 3.8) is 0 Å². The molecule has 4 rings (SSSR count). The summed E-state index contributed by atoms with van der Waals surface area (Å²) in [6.07, 6.45) is 3.25. The minimum absolute atomic E-state index is 0.0258. The second-order valence-corrected chi connectivity index (χ2v) is 11.3. The average molecular weight is 499 g/mol. The average Bonchev–Trinajstić information content (AvgIpc) is 3.14. The minimum Gasteiger partial charge on any atom is -0.444 e. The molecule has 4 amide bonds. The van der Waals surface area contributed by atoms with E-state index in [1.807, 2.05) is 50.8 Å². The zero-order valence-corrected chi connectivity index (χ0v) is 21.8. The number of fused-ring (bicyclic) bond motifs is 3. The molecule has 1 aromatic carbocycles. The molecule has 0 unspecified atom stereocenters. The molecule has 0 aromatic heterocycles. The molecule has 3 heterocycles. The van der Waals surface area contributed by atoms with Crippen molar-refractivity contribution >= 4 is 29.5 Å². The molecule has 0 bridgehead atoms. The molecule has 3 aliphatic rings. The number of ether oxygens (including phenoxy) is 1. The Morgan fingerprint density at radius 1 is 1.19 bits per heavy atom. The first kappa shape index (κ1) is 26.0. The van der Waals surface area contributed by atoms with Gasteiger partial charge in [-0.25, -0.2) is 4.79 Å². The van der Waals surface area contributed by atoms with Crippen molar-refractivity contribution in [2.24, 2.45) is 5.92 Å². The van der Waals surface area contributed by atoms with Gasteiger partial charge in [-0.2, -0.15) is 0 Å². The van der Waals surface area contributed by atoms with Crippen molar-refractivity contribution in [3.8, 4) is 0 Å². The third-order valence-corrected chi connectivity index (χ3v) is 7.32. The molecule has 36 heavy (non-hydrogen) atoms. The quantitative estimate of drug-likeness (QED) is 0.647. The number of rotatable bonds is 6. The molecule has 2 saturated heterocycles. The first-order valence-corrected chi connectivity index (χ1v) is 13.0. The highest BCUT2D eigenvalue weighted by Crippen LogP contribution is 2.44. The first-order valence-electron chi connectivity index (χ1n) is 13.0. The number of nitrogens with one attached hydrogen (secondary N) is 1. The van der Waals surface area contributed by atoms with Gasteiger partial charge in [0.15, 0.2) is 0 Å². The van der Waals surface area contributed by atoms with Crippen LogP contribution in [0.3, 0.4) is 0 Å². The van der Waals surface area contributed by atoms with Crippen LogP contribution in [0.4, 0.5) is 10.5 Å². The van der Waals surface area contributed by atoms with E-state index in [-0.39, 0.29) is 23.6 Å². The van der Waals surface area contributed by atoms with E-state index in [0.29, 0.717) is 63.1 Å². The highest BCUT2D eigenvalue weighted by atomic mass is 16.6. The van der Waals surface area contributed by atoms with Crippen molar-refractivity contribution in [3.05, 3.63) is 29.8 Å². The summed E-state index contributed by atoms with van der Waals surface area (Å²) < 4.78 is 5.30. The summed E-state index contributed by atoms with van der Waals surface area (Å²) in [6.45, 7) is 9.62. The molecular weight excluding hydrogens is 460 g/mol. The van der Waals surface area contributed by atoms with Gasteiger partial charge >= 0.3 is 6.09 Å². The van der Waals surface area contributed by atoms with Crippen molar-refractivity contribution in [1.82, 2.24) is 15.1 Å². The number of hydrogen-bond acceptors (Lipinski definition) is 5. The molecule has 0 aliphatic carbocycles. The van der Waals surface area contributed by atoms with E-state index in [0.717, 1.165) is 12.8 Å². The van der Waals surface area contributed by atoms with Crippen molar-refractivity contribution < 1.29 is 23.9 Å². The van der Waals surface area contributed by atoms with Crippen LogP contribution < -0.4 is 10.2 Å². The molecule has 0 spiro atoms. The molecule has 1 N–H and O–H groups in total. The van der Waals surface area contributed by atoms with Gasteiger partial charge in [-0.05, 0) is 71.4 Å². The lowest BCUT2D eigenvalue weighted by Crippen LogP contribution is -2.62. The normalized spacial score (nSPS) is 23.9. The summed E-state index contributed by atoms with van der Waals surface area (Å²) in [7, 11) is 0. The van der Waals surface area contributed by atoms with Crippen LogP contribution in [-0.2, 0) is 14.3 Å². The van der Waals surface area contributed by atoms with E-state index < -0.39 is 17.4 Å². The van der Waals surface area contributed by atoms with Gasteiger partial charge < -0.3 is 19.9 Å². The number of carbonyl (C=O) groups is 4. The Balaban J connectivity index is 1.31. The highest BCUT2D eigenvalue weighted by molar-refractivity contribution is 6.10. The number of likely N-dealkylation sites (tertiary alicyclic amines) is 1. The SMILES string of the molecule is CC(C)(C)OC(=O)NC[C@H]1CCCN(C(=O)CCCN2C(=O)c3ccccc3N3C(=O)CC[C@]23C)C1. The topological polar surface area (TPSA) is 99.3 Å². The van der Waals surface area contributed by atoms with Gasteiger partial charge in [-0.15, -0.1) is 0 Å². The molecule has 1 aromatic rings. The number of para-hydroxylation sites is 1. The standard InChI is InChI=1S/C27H38N4O5/c1-26(2,3)36-25(35)28-17-19-9-7-15-29(18-19)22(32)12-8-16-30-24(34)20-10-5-6-11-21(20)31-23(33)13-14-27(30,31)4/h5-6,10-11,19H,7-9,12-18H2,1-4H3,(H,28,35)/t19-,27-/m1/s1. The Labute approximate surface area is 213 Å². The van der Waals surface area contributed by atoms with E-state index in [2.05, 4.69) is 5.32 Å². The number of carbonyl (C=O) groups excluding carboxylic acids is 4. The molecule has 9 nitrogen and oxygen atoms in total. The van der Waals surface area contributed by atoms with E-state index in [4.69, 9.17) is 4.74 Å².